The molecule has 0 spiro atoms. The van der Waals surface area contributed by atoms with Gasteiger partial charge in [0, 0.05) is 5.92 Å². The van der Waals surface area contributed by atoms with Crippen molar-refractivity contribution < 1.29 is 11.3 Å². The lowest BCUT2D eigenvalue weighted by atomic mass is 9.47. The molecular weight excluding hydrogens is 272 g/mol. The largest absolute Gasteiger partial charge is 0.393 e. The zero-order chi connectivity index (χ0) is 16.4. The smallest absolute Gasteiger partial charge is 0.123 e. The summed E-state index contributed by atoms with van der Waals surface area (Å²) in [6, 6.07) is 0. The highest BCUT2D eigenvalue weighted by Crippen LogP contribution is 2.65. The number of carbonyl (C=O) groups excluding carboxylic acids is 1. The van der Waals surface area contributed by atoms with E-state index in [4.69, 9.17) is 1.37 Å². The molecule has 122 valence electrons. The number of hydrogen-bond donors (Lipinski definition) is 1. The van der Waals surface area contributed by atoms with Gasteiger partial charge in [0.2, 0.25) is 0 Å². The fourth-order valence-electron chi connectivity index (χ4n) is 6.84. The van der Waals surface area contributed by atoms with E-state index < -0.39 is 0 Å². The number of fused-ring (bicyclic) bond motifs is 5. The fourth-order valence-corrected chi connectivity index (χ4v) is 6.84. The maximum Gasteiger partial charge on any atom is 0.123 e. The molecule has 3 saturated carbocycles. The lowest BCUT2D eigenvalue weighted by Gasteiger charge is -2.57. The Labute approximate surface area is 135 Å². The van der Waals surface area contributed by atoms with Crippen molar-refractivity contribution in [3.8, 4) is 0 Å². The lowest BCUT2D eigenvalue weighted by Crippen LogP contribution is -2.50. The normalized spacial score (nSPS) is 54.6. The van der Waals surface area contributed by atoms with Crippen LogP contribution in [0.25, 0.3) is 0 Å². The zero-order valence-electron chi connectivity index (χ0n) is 15.0. The van der Waals surface area contributed by atoms with Crippen LogP contribution in [0.2, 0.25) is 0 Å². The van der Waals surface area contributed by atoms with Gasteiger partial charge < -0.3 is 9.90 Å². The number of allylic oxidation sites excluding steroid dienone is 1. The van der Waals surface area contributed by atoms with E-state index in [-0.39, 0.29) is 29.1 Å². The lowest BCUT2D eigenvalue weighted by molar-refractivity contribution is -0.117. The van der Waals surface area contributed by atoms with Gasteiger partial charge in [0.15, 0.2) is 0 Å². The van der Waals surface area contributed by atoms with Crippen LogP contribution in [-0.4, -0.2) is 17.5 Å². The molecule has 22 heavy (non-hydrogen) atoms. The van der Waals surface area contributed by atoms with Gasteiger partial charge >= 0.3 is 0 Å². The molecule has 4 aliphatic carbocycles. The van der Waals surface area contributed by atoms with Crippen molar-refractivity contribution in [3.63, 3.8) is 0 Å². The Hall–Kier alpha value is -0.630. The number of rotatable bonds is 1. The SMILES string of the molecule is [3H]C(=O)[C@H]1CC[C@H]2[C@@H]3CC=C4C[C@@H](O)CC[C@]4(C)[C@H]3CC[C@]12C. The molecule has 0 radical (unpaired) electrons. The van der Waals surface area contributed by atoms with E-state index in [1.54, 1.807) is 0 Å². The van der Waals surface area contributed by atoms with Crippen LogP contribution in [0, 0.1) is 34.5 Å². The maximum atomic E-state index is 11.8. The minimum atomic E-state index is -0.326. The summed E-state index contributed by atoms with van der Waals surface area (Å²) < 4.78 is 7.68. The van der Waals surface area contributed by atoms with E-state index in [1.807, 2.05) is 0 Å². The molecule has 0 aromatic heterocycles. The van der Waals surface area contributed by atoms with Crippen molar-refractivity contribution in [2.45, 2.75) is 71.3 Å². The van der Waals surface area contributed by atoms with E-state index in [9.17, 15) is 9.90 Å². The fraction of sp³-hybridized carbons (Fsp3) is 0.850. The second-order valence-corrected chi connectivity index (χ2v) is 8.95. The number of aliphatic hydroxyl groups is 1. The van der Waals surface area contributed by atoms with Crippen LogP contribution in [0.5, 0.6) is 0 Å². The average Bonchev–Trinajstić information content (AvgIpc) is 2.85. The van der Waals surface area contributed by atoms with Crippen LogP contribution in [0.4, 0.5) is 0 Å². The van der Waals surface area contributed by atoms with Gasteiger partial charge in [-0.1, -0.05) is 25.5 Å². The van der Waals surface area contributed by atoms with Crippen LogP contribution < -0.4 is 0 Å². The van der Waals surface area contributed by atoms with Gasteiger partial charge in [0.25, 0.3) is 0 Å². The molecule has 0 aliphatic heterocycles. The quantitative estimate of drug-likeness (QED) is 0.584. The molecule has 1 N–H and O–H groups in total. The van der Waals surface area contributed by atoms with Crippen molar-refractivity contribution in [2.24, 2.45) is 34.5 Å². The zero-order valence-corrected chi connectivity index (χ0v) is 14.0. The molecule has 4 aliphatic rings. The Morgan fingerprint density at radius 3 is 2.82 bits per heavy atom. The van der Waals surface area contributed by atoms with Crippen LogP contribution in [0.3, 0.4) is 0 Å². The van der Waals surface area contributed by atoms with E-state index >= 15 is 0 Å². The van der Waals surface area contributed by atoms with Gasteiger partial charge in [0.1, 0.15) is 7.63 Å². The van der Waals surface area contributed by atoms with Gasteiger partial charge in [-0.05, 0) is 80.0 Å². The van der Waals surface area contributed by atoms with Crippen molar-refractivity contribution in [1.29, 1.82) is 0 Å². The number of carbonyl (C=O) groups is 1. The van der Waals surface area contributed by atoms with E-state index in [1.165, 1.54) is 12.0 Å². The Morgan fingerprint density at radius 2 is 2.05 bits per heavy atom. The molecule has 4 rings (SSSR count). The number of aldehydes is 1. The molecule has 0 unspecified atom stereocenters. The predicted molar refractivity (Wildman–Crippen MR) is 87.3 cm³/mol. The van der Waals surface area contributed by atoms with Gasteiger partial charge in [-0.15, -0.1) is 0 Å². The third kappa shape index (κ3) is 1.85. The van der Waals surface area contributed by atoms with Gasteiger partial charge in [-0.25, -0.2) is 0 Å². The highest BCUT2D eigenvalue weighted by atomic mass is 16.3. The monoisotopic (exact) mass is 304 g/mol. The molecule has 0 heterocycles. The molecule has 2 heteroatoms. The van der Waals surface area contributed by atoms with E-state index in [0.29, 0.717) is 17.8 Å². The summed E-state index contributed by atoms with van der Waals surface area (Å²) in [6.45, 7) is 4.73. The first-order chi connectivity index (χ1) is 10.9. The molecule has 2 nitrogen and oxygen atoms in total. The summed E-state index contributed by atoms with van der Waals surface area (Å²) in [6.07, 6.45) is 10.4. The predicted octanol–water partition coefficient (Wildman–Crippen LogP) is 4.13. The first-order valence-electron chi connectivity index (χ1n) is 9.74. The Bertz CT molecular complexity index is 556. The molecule has 7 atom stereocenters. The van der Waals surface area contributed by atoms with Crippen molar-refractivity contribution in [2.75, 3.05) is 0 Å². The molecule has 0 saturated heterocycles. The highest BCUT2D eigenvalue weighted by molar-refractivity contribution is 5.56. The Balaban J connectivity index is 1.66. The van der Waals surface area contributed by atoms with Crippen LogP contribution in [0.15, 0.2) is 11.6 Å². The minimum Gasteiger partial charge on any atom is -0.393 e. The molecule has 0 amide bonds. The Kier molecular flexibility index (Phi) is 3.09. The van der Waals surface area contributed by atoms with Gasteiger partial charge in [-0.3, -0.25) is 0 Å². The second kappa shape index (κ2) is 4.93. The summed E-state index contributed by atoms with van der Waals surface area (Å²) in [4.78, 5) is 11.8. The third-order valence-corrected chi connectivity index (χ3v) is 8.22. The summed E-state index contributed by atoms with van der Waals surface area (Å²) in [5.74, 6) is 1.98. The van der Waals surface area contributed by atoms with Crippen molar-refractivity contribution in [1.82, 2.24) is 0 Å². The Morgan fingerprint density at radius 1 is 1.23 bits per heavy atom. The first-order valence-corrected chi connectivity index (χ1v) is 9.24. The molecular formula is C20H30O2. The van der Waals surface area contributed by atoms with Crippen LogP contribution in [0.1, 0.15) is 66.6 Å². The van der Waals surface area contributed by atoms with Crippen LogP contribution >= 0.6 is 0 Å². The maximum absolute atomic E-state index is 11.8. The van der Waals surface area contributed by atoms with Gasteiger partial charge in [0.05, 0.1) is 6.10 Å². The summed E-state index contributed by atoms with van der Waals surface area (Å²) in [5, 5.41) is 10.0. The highest BCUT2D eigenvalue weighted by Gasteiger charge is 2.58. The van der Waals surface area contributed by atoms with Crippen molar-refractivity contribution in [3.05, 3.63) is 11.6 Å². The minimum absolute atomic E-state index is 0.0280. The molecule has 0 aromatic rings. The van der Waals surface area contributed by atoms with E-state index in [2.05, 4.69) is 19.9 Å². The third-order valence-electron chi connectivity index (χ3n) is 8.22. The molecule has 3 fully saturated rings. The second-order valence-electron chi connectivity index (χ2n) is 8.95. The van der Waals surface area contributed by atoms with Gasteiger partial charge in [-0.2, -0.15) is 0 Å². The first kappa shape index (κ1) is 13.8. The van der Waals surface area contributed by atoms with E-state index in [0.717, 1.165) is 44.9 Å². The topological polar surface area (TPSA) is 37.3 Å². The van der Waals surface area contributed by atoms with Crippen molar-refractivity contribution >= 4 is 6.26 Å². The summed E-state index contributed by atoms with van der Waals surface area (Å²) in [5.41, 5.74) is 1.84. The number of hydrogen-bond acceptors (Lipinski definition) is 2. The molecule has 0 aromatic carbocycles. The summed E-state index contributed by atoms with van der Waals surface area (Å²) >= 11 is 0. The molecule has 0 bridgehead atoms. The summed E-state index contributed by atoms with van der Waals surface area (Å²) in [7, 11) is 0. The number of aliphatic hydroxyl groups excluding tert-OH is 1. The standard InChI is InChI=1S/C20H30O2/c1-19-9-7-15(22)11-13(19)3-5-16-17-6-4-14(12-21)20(17,2)10-8-18(16)19/h3,12,14-18,22H,4-11H2,1-2H3/t14-,15+,16+,17+,18+,19+,20-/m1/s1/i12T. The van der Waals surface area contributed by atoms with Crippen LogP contribution in [-0.2, 0) is 4.79 Å². The average molecular weight is 304 g/mol.